The molecule has 0 aliphatic carbocycles. The molecule has 2 amide bonds. The zero-order chi connectivity index (χ0) is 34.9. The summed E-state index contributed by atoms with van der Waals surface area (Å²) in [5.41, 5.74) is 8.54. The lowest BCUT2D eigenvalue weighted by atomic mass is 9.86. The molecule has 0 saturated heterocycles. The Labute approximate surface area is 278 Å². The first-order chi connectivity index (χ1) is 22.3. The number of phenolic OH excluding ortho intramolecular Hbond substituents is 1. The number of phenols is 1. The Morgan fingerprint density at radius 1 is 0.872 bits per heavy atom. The molecule has 2 rings (SSSR count). The number of nitrogens with two attached hydrogens (primary N) is 1. The molecule has 0 radical (unpaired) electrons. The summed E-state index contributed by atoms with van der Waals surface area (Å²) in [6.07, 6.45) is 3.68. The van der Waals surface area contributed by atoms with Gasteiger partial charge in [0.2, 0.25) is 11.8 Å². The van der Waals surface area contributed by atoms with Crippen LogP contribution in [0.25, 0.3) is 0 Å². The molecule has 0 aromatic heterocycles. The molecule has 47 heavy (non-hydrogen) atoms. The van der Waals surface area contributed by atoms with Gasteiger partial charge in [0.05, 0.1) is 11.9 Å². The van der Waals surface area contributed by atoms with E-state index in [9.17, 15) is 29.4 Å². The zero-order valence-corrected chi connectivity index (χ0v) is 28.2. The van der Waals surface area contributed by atoms with Crippen LogP contribution in [0.5, 0.6) is 5.75 Å². The standard InChI is InChI=1S/C36H53N5O6/c1-23-17-18-31(42)25(3)28(23)21-27(35(45)41-30(36(46)47)15-8-9-16-33(37)38)22-32(43)29(14-10-11-19-39-4)40-34(44)24(2)20-26-12-6-5-7-13-26/h5-7,12-13,17-18,24,27,29-30,39,42H,8-11,14-16,19-22H2,1-4H3,(H3,37,38)(H,40,44)(H,41,45)(H,46,47). The van der Waals surface area contributed by atoms with Crippen molar-refractivity contribution in [2.24, 2.45) is 17.6 Å². The Balaban J connectivity index is 2.31. The molecule has 0 aliphatic rings. The van der Waals surface area contributed by atoms with E-state index in [1.54, 1.807) is 19.1 Å². The van der Waals surface area contributed by atoms with Crippen molar-refractivity contribution in [1.82, 2.24) is 16.0 Å². The number of rotatable bonds is 22. The fourth-order valence-electron chi connectivity index (χ4n) is 5.63. The molecule has 258 valence electrons. The van der Waals surface area contributed by atoms with Crippen molar-refractivity contribution >= 4 is 29.4 Å². The number of ketones is 1. The predicted octanol–water partition coefficient (Wildman–Crippen LogP) is 3.95. The number of amidine groups is 1. The third kappa shape index (κ3) is 13.6. The number of aliphatic carboxylic acids is 1. The number of unbranched alkanes of at least 4 members (excludes halogenated alkanes) is 2. The maximum Gasteiger partial charge on any atom is 0.326 e. The number of hydrogen-bond acceptors (Lipinski definition) is 7. The number of hydrogen-bond donors (Lipinski definition) is 7. The van der Waals surface area contributed by atoms with Crippen molar-refractivity contribution in [1.29, 1.82) is 5.41 Å². The Hall–Kier alpha value is -4.25. The van der Waals surface area contributed by atoms with Gasteiger partial charge in [-0.25, -0.2) is 4.79 Å². The quantitative estimate of drug-likeness (QED) is 0.0565. The fourth-order valence-corrected chi connectivity index (χ4v) is 5.63. The zero-order valence-electron chi connectivity index (χ0n) is 28.2. The van der Waals surface area contributed by atoms with E-state index in [4.69, 9.17) is 11.1 Å². The lowest BCUT2D eigenvalue weighted by Gasteiger charge is -2.25. The van der Waals surface area contributed by atoms with E-state index in [2.05, 4.69) is 16.0 Å². The van der Waals surface area contributed by atoms with Gasteiger partial charge in [0.15, 0.2) is 5.78 Å². The van der Waals surface area contributed by atoms with Crippen LogP contribution in [0.1, 0.15) is 80.5 Å². The smallest absolute Gasteiger partial charge is 0.326 e. The third-order valence-electron chi connectivity index (χ3n) is 8.58. The Bertz CT molecular complexity index is 1350. The van der Waals surface area contributed by atoms with Crippen molar-refractivity contribution in [3.63, 3.8) is 0 Å². The first-order valence-corrected chi connectivity index (χ1v) is 16.5. The van der Waals surface area contributed by atoms with Crippen LogP contribution in [0.3, 0.4) is 0 Å². The number of Topliss-reactive ketones (excluding diaryl/α,β-unsaturated/α-hetero) is 1. The molecule has 2 aromatic rings. The van der Waals surface area contributed by atoms with Gasteiger partial charge in [0.25, 0.3) is 0 Å². The first kappa shape index (κ1) is 38.9. The maximum absolute atomic E-state index is 14.0. The van der Waals surface area contributed by atoms with Gasteiger partial charge < -0.3 is 31.9 Å². The molecule has 11 heteroatoms. The number of aromatic hydroxyl groups is 1. The Morgan fingerprint density at radius 2 is 1.51 bits per heavy atom. The Kier molecular flexibility index (Phi) is 16.6. The molecule has 0 aliphatic heterocycles. The van der Waals surface area contributed by atoms with E-state index >= 15 is 0 Å². The minimum absolute atomic E-state index is 0.0124. The van der Waals surface area contributed by atoms with Gasteiger partial charge in [-0.2, -0.15) is 0 Å². The van der Waals surface area contributed by atoms with Crippen LogP contribution in [0.2, 0.25) is 0 Å². The number of carbonyl (C=O) groups is 4. The van der Waals surface area contributed by atoms with Crippen molar-refractivity contribution in [2.45, 2.75) is 97.1 Å². The molecule has 4 unspecified atom stereocenters. The van der Waals surface area contributed by atoms with Crippen LogP contribution < -0.4 is 21.7 Å². The molecule has 4 atom stereocenters. The number of carbonyl (C=O) groups excluding carboxylic acids is 3. The second-order valence-electron chi connectivity index (χ2n) is 12.5. The van der Waals surface area contributed by atoms with E-state index in [1.807, 2.05) is 51.2 Å². The number of carboxylic acid groups (broad SMARTS) is 1. The molecule has 0 bridgehead atoms. The summed E-state index contributed by atoms with van der Waals surface area (Å²) in [6.45, 7) is 6.16. The summed E-state index contributed by atoms with van der Waals surface area (Å²) in [7, 11) is 1.85. The minimum Gasteiger partial charge on any atom is -0.508 e. The van der Waals surface area contributed by atoms with Gasteiger partial charge in [-0.15, -0.1) is 0 Å². The number of nitrogens with one attached hydrogen (secondary N) is 4. The van der Waals surface area contributed by atoms with Crippen molar-refractivity contribution in [3.05, 3.63) is 64.7 Å². The SMILES string of the molecule is CNCCCCC(NC(=O)C(C)Cc1ccccc1)C(=O)CC(Cc1c(C)ccc(O)c1C)C(=O)NC(CCCCC(=N)N)C(=O)O. The summed E-state index contributed by atoms with van der Waals surface area (Å²) in [5, 5.41) is 36.3. The topological polar surface area (TPSA) is 195 Å². The van der Waals surface area contributed by atoms with E-state index in [0.717, 1.165) is 24.1 Å². The monoisotopic (exact) mass is 651 g/mol. The van der Waals surface area contributed by atoms with E-state index in [1.165, 1.54) is 0 Å². The fraction of sp³-hybridized carbons (Fsp3) is 0.528. The number of carboxylic acids is 1. The molecule has 0 heterocycles. The Morgan fingerprint density at radius 3 is 2.15 bits per heavy atom. The number of benzene rings is 2. The van der Waals surface area contributed by atoms with Crippen molar-refractivity contribution in [2.75, 3.05) is 13.6 Å². The van der Waals surface area contributed by atoms with Crippen LogP contribution in [-0.2, 0) is 32.0 Å². The van der Waals surface area contributed by atoms with Crippen LogP contribution in [-0.4, -0.2) is 65.3 Å². The van der Waals surface area contributed by atoms with Gasteiger partial charge >= 0.3 is 5.97 Å². The van der Waals surface area contributed by atoms with Crippen LogP contribution in [0.15, 0.2) is 42.5 Å². The molecule has 0 saturated carbocycles. The number of amides is 2. The molecular weight excluding hydrogens is 598 g/mol. The summed E-state index contributed by atoms with van der Waals surface area (Å²) in [4.78, 5) is 53.1. The van der Waals surface area contributed by atoms with E-state index < -0.39 is 29.9 Å². The van der Waals surface area contributed by atoms with Crippen molar-refractivity contribution < 1.29 is 29.4 Å². The lowest BCUT2D eigenvalue weighted by molar-refractivity contribution is -0.143. The van der Waals surface area contributed by atoms with E-state index in [-0.39, 0.29) is 48.5 Å². The van der Waals surface area contributed by atoms with Gasteiger partial charge in [0, 0.05) is 24.7 Å². The van der Waals surface area contributed by atoms with Crippen LogP contribution in [0, 0.1) is 31.1 Å². The highest BCUT2D eigenvalue weighted by Gasteiger charge is 2.31. The van der Waals surface area contributed by atoms with Gasteiger partial charge in [-0.05, 0) is 101 Å². The van der Waals surface area contributed by atoms with Gasteiger partial charge in [0.1, 0.15) is 11.8 Å². The van der Waals surface area contributed by atoms with Gasteiger partial charge in [-0.3, -0.25) is 19.8 Å². The molecule has 0 spiro atoms. The highest BCUT2D eigenvalue weighted by molar-refractivity contribution is 5.94. The second-order valence-corrected chi connectivity index (χ2v) is 12.5. The summed E-state index contributed by atoms with van der Waals surface area (Å²) in [6, 6.07) is 10.9. The molecule has 11 nitrogen and oxygen atoms in total. The second kappa shape index (κ2) is 20.1. The molecule has 0 fully saturated rings. The van der Waals surface area contributed by atoms with Crippen LogP contribution >= 0.6 is 0 Å². The highest BCUT2D eigenvalue weighted by Crippen LogP contribution is 2.27. The average molecular weight is 652 g/mol. The highest BCUT2D eigenvalue weighted by atomic mass is 16.4. The first-order valence-electron chi connectivity index (χ1n) is 16.5. The molecular formula is C36H53N5O6. The normalized spacial score (nSPS) is 13.6. The van der Waals surface area contributed by atoms with Crippen molar-refractivity contribution in [3.8, 4) is 5.75 Å². The predicted molar refractivity (Wildman–Crippen MR) is 183 cm³/mol. The van der Waals surface area contributed by atoms with E-state index in [0.29, 0.717) is 49.7 Å². The van der Waals surface area contributed by atoms with Crippen LogP contribution in [0.4, 0.5) is 0 Å². The molecule has 2 aromatic carbocycles. The minimum atomic E-state index is -1.20. The average Bonchev–Trinajstić information content (AvgIpc) is 3.03. The number of aryl methyl sites for hydroxylation is 1. The summed E-state index contributed by atoms with van der Waals surface area (Å²) >= 11 is 0. The largest absolute Gasteiger partial charge is 0.508 e. The molecule has 8 N–H and O–H groups in total. The lowest BCUT2D eigenvalue weighted by Crippen LogP contribution is -2.47. The maximum atomic E-state index is 14.0. The summed E-state index contributed by atoms with van der Waals surface area (Å²) in [5.74, 6) is -3.60. The van der Waals surface area contributed by atoms with Gasteiger partial charge in [-0.1, -0.05) is 49.7 Å². The third-order valence-corrected chi connectivity index (χ3v) is 8.58. The summed E-state index contributed by atoms with van der Waals surface area (Å²) < 4.78 is 0.